The molecule has 1 aromatic rings. The van der Waals surface area contributed by atoms with Gasteiger partial charge in [0.1, 0.15) is 11.9 Å². The van der Waals surface area contributed by atoms with Crippen molar-refractivity contribution < 1.29 is 9.53 Å². The average molecular weight is 288 g/mol. The minimum absolute atomic E-state index is 0.151. The topological polar surface area (TPSA) is 41.6 Å². The van der Waals surface area contributed by atoms with E-state index < -0.39 is 0 Å². The van der Waals surface area contributed by atoms with Crippen LogP contribution in [0, 0.1) is 5.92 Å². The zero-order valence-electron chi connectivity index (χ0n) is 12.7. The van der Waals surface area contributed by atoms with E-state index in [0.717, 1.165) is 50.2 Å². The van der Waals surface area contributed by atoms with Crippen LogP contribution < -0.4 is 10.1 Å². The monoisotopic (exact) mass is 288 g/mol. The molecular formula is C17H24N2O2. The fraction of sp³-hybridized carbons (Fsp3) is 0.588. The maximum absolute atomic E-state index is 12.0. The van der Waals surface area contributed by atoms with Crippen LogP contribution in [0.15, 0.2) is 24.3 Å². The van der Waals surface area contributed by atoms with E-state index in [9.17, 15) is 4.79 Å². The van der Waals surface area contributed by atoms with Crippen LogP contribution in [-0.2, 0) is 4.79 Å². The molecule has 21 heavy (non-hydrogen) atoms. The molecule has 114 valence electrons. The van der Waals surface area contributed by atoms with Gasteiger partial charge in [0.25, 0.3) is 0 Å². The van der Waals surface area contributed by atoms with Gasteiger partial charge in [0.15, 0.2) is 0 Å². The number of hydrogen-bond donors (Lipinski definition) is 1. The van der Waals surface area contributed by atoms with E-state index in [1.165, 1.54) is 6.42 Å². The van der Waals surface area contributed by atoms with Gasteiger partial charge in [0.2, 0.25) is 5.91 Å². The van der Waals surface area contributed by atoms with E-state index in [2.05, 4.69) is 17.3 Å². The van der Waals surface area contributed by atoms with Gasteiger partial charge in [-0.05, 0) is 44.9 Å². The SMILES string of the molecule is CN1CCC(Oc2cccc(NC(=O)C3CCC3)c2)CC1. The highest BCUT2D eigenvalue weighted by molar-refractivity contribution is 5.93. The van der Waals surface area contributed by atoms with Gasteiger partial charge in [-0.15, -0.1) is 0 Å². The van der Waals surface area contributed by atoms with Gasteiger partial charge in [0, 0.05) is 30.8 Å². The summed E-state index contributed by atoms with van der Waals surface area (Å²) < 4.78 is 6.05. The molecule has 1 saturated carbocycles. The lowest BCUT2D eigenvalue weighted by Crippen LogP contribution is -2.35. The van der Waals surface area contributed by atoms with Crippen molar-refractivity contribution >= 4 is 11.6 Å². The highest BCUT2D eigenvalue weighted by Crippen LogP contribution is 2.28. The highest BCUT2D eigenvalue weighted by Gasteiger charge is 2.25. The molecule has 2 fully saturated rings. The number of likely N-dealkylation sites (tertiary alicyclic amines) is 1. The van der Waals surface area contributed by atoms with Crippen LogP contribution in [0.5, 0.6) is 5.75 Å². The third-order valence-corrected chi connectivity index (χ3v) is 4.55. The Morgan fingerprint density at radius 2 is 2.00 bits per heavy atom. The van der Waals surface area contributed by atoms with E-state index in [1.807, 2.05) is 24.3 Å². The molecule has 1 heterocycles. The van der Waals surface area contributed by atoms with Crippen LogP contribution >= 0.6 is 0 Å². The fourth-order valence-electron chi connectivity index (χ4n) is 2.86. The van der Waals surface area contributed by atoms with Gasteiger partial charge in [-0.25, -0.2) is 0 Å². The number of ether oxygens (including phenoxy) is 1. The Labute approximate surface area is 126 Å². The molecule has 0 radical (unpaired) electrons. The minimum atomic E-state index is 0.151. The fourth-order valence-corrected chi connectivity index (χ4v) is 2.86. The predicted molar refractivity (Wildman–Crippen MR) is 83.6 cm³/mol. The van der Waals surface area contributed by atoms with Gasteiger partial charge in [0.05, 0.1) is 0 Å². The number of carbonyl (C=O) groups is 1. The van der Waals surface area contributed by atoms with Crippen LogP contribution in [0.25, 0.3) is 0 Å². The standard InChI is InChI=1S/C17H24N2O2/c1-19-10-8-15(9-11-19)21-16-7-3-6-14(12-16)18-17(20)13-4-2-5-13/h3,6-7,12-13,15H,2,4-5,8-11H2,1H3,(H,18,20). The van der Waals surface area contributed by atoms with Gasteiger partial charge in [-0.1, -0.05) is 12.5 Å². The summed E-state index contributed by atoms with van der Waals surface area (Å²) in [5.74, 6) is 1.22. The molecule has 1 aliphatic carbocycles. The Kier molecular flexibility index (Phi) is 4.44. The number of nitrogens with one attached hydrogen (secondary N) is 1. The summed E-state index contributed by atoms with van der Waals surface area (Å²) in [7, 11) is 2.15. The molecule has 2 aliphatic rings. The van der Waals surface area contributed by atoms with E-state index in [0.29, 0.717) is 6.10 Å². The summed E-state index contributed by atoms with van der Waals surface area (Å²) in [6.45, 7) is 2.17. The summed E-state index contributed by atoms with van der Waals surface area (Å²) >= 11 is 0. The van der Waals surface area contributed by atoms with Crippen molar-refractivity contribution in [3.05, 3.63) is 24.3 Å². The first-order valence-corrected chi connectivity index (χ1v) is 7.97. The maximum atomic E-state index is 12.0. The molecule has 1 N–H and O–H groups in total. The van der Waals surface area contributed by atoms with Crippen molar-refractivity contribution in [2.75, 3.05) is 25.5 Å². The van der Waals surface area contributed by atoms with E-state index in [1.54, 1.807) is 0 Å². The molecule has 0 spiro atoms. The van der Waals surface area contributed by atoms with Gasteiger partial charge in [-0.3, -0.25) is 4.79 Å². The first kappa shape index (κ1) is 14.4. The Morgan fingerprint density at radius 1 is 1.24 bits per heavy atom. The predicted octanol–water partition coefficient (Wildman–Crippen LogP) is 2.90. The zero-order valence-corrected chi connectivity index (χ0v) is 12.7. The number of hydrogen-bond acceptors (Lipinski definition) is 3. The van der Waals surface area contributed by atoms with Crippen molar-refractivity contribution in [2.24, 2.45) is 5.92 Å². The molecule has 0 unspecified atom stereocenters. The molecule has 4 nitrogen and oxygen atoms in total. The lowest BCUT2D eigenvalue weighted by molar-refractivity contribution is -0.122. The first-order valence-electron chi connectivity index (χ1n) is 7.97. The third-order valence-electron chi connectivity index (χ3n) is 4.55. The van der Waals surface area contributed by atoms with E-state index in [4.69, 9.17) is 4.74 Å². The number of piperidine rings is 1. The quantitative estimate of drug-likeness (QED) is 0.926. The molecule has 0 atom stereocenters. The van der Waals surface area contributed by atoms with Crippen molar-refractivity contribution in [1.29, 1.82) is 0 Å². The summed E-state index contributed by atoms with van der Waals surface area (Å²) in [5, 5.41) is 3.00. The lowest BCUT2D eigenvalue weighted by Gasteiger charge is -2.29. The zero-order chi connectivity index (χ0) is 14.7. The number of rotatable bonds is 4. The maximum Gasteiger partial charge on any atom is 0.227 e. The van der Waals surface area contributed by atoms with Gasteiger partial charge < -0.3 is 15.0 Å². The third kappa shape index (κ3) is 3.76. The number of nitrogens with zero attached hydrogens (tertiary/aromatic N) is 1. The molecule has 1 amide bonds. The average Bonchev–Trinajstić information content (AvgIpc) is 2.40. The van der Waals surface area contributed by atoms with Crippen LogP contribution in [0.2, 0.25) is 0 Å². The van der Waals surface area contributed by atoms with Crippen molar-refractivity contribution in [3.63, 3.8) is 0 Å². The van der Waals surface area contributed by atoms with Crippen LogP contribution in [-0.4, -0.2) is 37.0 Å². The van der Waals surface area contributed by atoms with Crippen LogP contribution in [0.3, 0.4) is 0 Å². The van der Waals surface area contributed by atoms with Crippen LogP contribution in [0.4, 0.5) is 5.69 Å². The minimum Gasteiger partial charge on any atom is -0.490 e. The largest absolute Gasteiger partial charge is 0.490 e. The number of benzene rings is 1. The summed E-state index contributed by atoms with van der Waals surface area (Å²) in [5.41, 5.74) is 0.845. The molecule has 1 aliphatic heterocycles. The molecule has 0 aromatic heterocycles. The molecular weight excluding hydrogens is 264 g/mol. The first-order chi connectivity index (χ1) is 10.2. The lowest BCUT2D eigenvalue weighted by atomic mass is 9.85. The second-order valence-electron chi connectivity index (χ2n) is 6.27. The van der Waals surface area contributed by atoms with E-state index >= 15 is 0 Å². The van der Waals surface area contributed by atoms with Crippen LogP contribution in [0.1, 0.15) is 32.1 Å². The molecule has 1 saturated heterocycles. The summed E-state index contributed by atoms with van der Waals surface area (Å²) in [6.07, 6.45) is 5.65. The number of anilines is 1. The molecule has 4 heteroatoms. The smallest absolute Gasteiger partial charge is 0.227 e. The van der Waals surface area contributed by atoms with E-state index in [-0.39, 0.29) is 11.8 Å². The van der Waals surface area contributed by atoms with Crippen molar-refractivity contribution in [1.82, 2.24) is 4.90 Å². The Balaban J connectivity index is 1.56. The second kappa shape index (κ2) is 6.48. The summed E-state index contributed by atoms with van der Waals surface area (Å²) in [6, 6.07) is 7.78. The summed E-state index contributed by atoms with van der Waals surface area (Å²) in [4.78, 5) is 14.3. The Morgan fingerprint density at radius 3 is 2.67 bits per heavy atom. The van der Waals surface area contributed by atoms with Gasteiger partial charge in [-0.2, -0.15) is 0 Å². The molecule has 1 aromatic carbocycles. The molecule has 0 bridgehead atoms. The second-order valence-corrected chi connectivity index (χ2v) is 6.27. The van der Waals surface area contributed by atoms with Crippen molar-refractivity contribution in [3.8, 4) is 5.75 Å². The number of amides is 1. The highest BCUT2D eigenvalue weighted by atomic mass is 16.5. The van der Waals surface area contributed by atoms with Gasteiger partial charge >= 0.3 is 0 Å². The Hall–Kier alpha value is -1.55. The Bertz CT molecular complexity index is 491. The molecule has 3 rings (SSSR count). The van der Waals surface area contributed by atoms with Crippen molar-refractivity contribution in [2.45, 2.75) is 38.2 Å². The normalized spacial score (nSPS) is 20.8. The number of carbonyl (C=O) groups excluding carboxylic acids is 1.